The van der Waals surface area contributed by atoms with Crippen molar-refractivity contribution in [2.75, 3.05) is 13.2 Å². The Morgan fingerprint density at radius 1 is 1.21 bits per heavy atom. The van der Waals surface area contributed by atoms with E-state index >= 15 is 0 Å². The minimum absolute atomic E-state index is 0.245. The summed E-state index contributed by atoms with van der Waals surface area (Å²) < 4.78 is 19.6. The largest absolute Gasteiger partial charge is 0.491 e. The zero-order valence-electron chi connectivity index (χ0n) is 16.2. The van der Waals surface area contributed by atoms with Crippen molar-refractivity contribution in [3.8, 4) is 17.0 Å². The van der Waals surface area contributed by atoms with Crippen LogP contribution in [0.5, 0.6) is 5.75 Å². The zero-order valence-corrected chi connectivity index (χ0v) is 16.9. The van der Waals surface area contributed by atoms with Crippen LogP contribution in [0, 0.1) is 19.7 Å². The quantitative estimate of drug-likeness (QED) is 0.630. The molecule has 0 aliphatic heterocycles. The molecule has 2 aromatic heterocycles. The normalized spacial score (nSPS) is 12.1. The molecule has 0 aliphatic carbocycles. The standard InChI is InChI=1S/C22H23ClFN3O/c1-4-28-22-13(2)10-19(18(12-25)15-6-5-7-16(24)11-15)27-21(22)17-8-9-26-14(3)20(17)23/h5-11,18H,4,12,25H2,1-3H3. The van der Waals surface area contributed by atoms with Crippen molar-refractivity contribution in [1.82, 2.24) is 9.97 Å². The third kappa shape index (κ3) is 4.01. The molecule has 4 nitrogen and oxygen atoms in total. The SMILES string of the molecule is CCOc1c(C)cc(C(CN)c2cccc(F)c2)nc1-c1ccnc(C)c1Cl. The number of aryl methyl sites for hydroxylation is 2. The third-order valence-corrected chi connectivity index (χ3v) is 5.11. The number of benzene rings is 1. The third-order valence-electron chi connectivity index (χ3n) is 4.63. The summed E-state index contributed by atoms with van der Waals surface area (Å²) in [5.41, 5.74) is 10.6. The summed E-state index contributed by atoms with van der Waals surface area (Å²) in [4.78, 5) is 9.09. The number of ether oxygens (including phenoxy) is 1. The summed E-state index contributed by atoms with van der Waals surface area (Å²) >= 11 is 6.52. The van der Waals surface area contributed by atoms with Crippen LogP contribution in [0.25, 0.3) is 11.3 Å². The van der Waals surface area contributed by atoms with E-state index in [1.54, 1.807) is 12.3 Å². The van der Waals surface area contributed by atoms with Gasteiger partial charge in [0.15, 0.2) is 0 Å². The van der Waals surface area contributed by atoms with E-state index < -0.39 is 0 Å². The highest BCUT2D eigenvalue weighted by Crippen LogP contribution is 2.38. The second kappa shape index (κ2) is 8.67. The van der Waals surface area contributed by atoms with E-state index in [0.717, 1.165) is 22.4 Å². The van der Waals surface area contributed by atoms with Crippen LogP contribution in [0.2, 0.25) is 5.02 Å². The van der Waals surface area contributed by atoms with E-state index in [1.807, 2.05) is 39.0 Å². The molecule has 1 aromatic carbocycles. The van der Waals surface area contributed by atoms with Crippen LogP contribution in [0.4, 0.5) is 4.39 Å². The molecule has 2 N–H and O–H groups in total. The van der Waals surface area contributed by atoms with Gasteiger partial charge in [-0.1, -0.05) is 23.7 Å². The highest BCUT2D eigenvalue weighted by Gasteiger charge is 2.21. The number of nitrogens with zero attached hydrogens (tertiary/aromatic N) is 2. The lowest BCUT2D eigenvalue weighted by atomic mass is 9.93. The van der Waals surface area contributed by atoms with Gasteiger partial charge in [-0.3, -0.25) is 4.98 Å². The first-order valence-corrected chi connectivity index (χ1v) is 9.55. The van der Waals surface area contributed by atoms with E-state index in [-0.39, 0.29) is 11.7 Å². The maximum atomic E-state index is 13.8. The molecule has 28 heavy (non-hydrogen) atoms. The molecule has 0 bridgehead atoms. The van der Waals surface area contributed by atoms with Crippen molar-refractivity contribution in [3.63, 3.8) is 0 Å². The fraction of sp³-hybridized carbons (Fsp3) is 0.273. The summed E-state index contributed by atoms with van der Waals surface area (Å²) in [5, 5.41) is 0.530. The predicted molar refractivity (Wildman–Crippen MR) is 110 cm³/mol. The van der Waals surface area contributed by atoms with Gasteiger partial charge in [0.1, 0.15) is 17.3 Å². The Morgan fingerprint density at radius 3 is 2.68 bits per heavy atom. The number of rotatable bonds is 6. The summed E-state index contributed by atoms with van der Waals surface area (Å²) in [6.45, 7) is 6.53. The minimum atomic E-state index is -0.299. The molecular formula is C22H23ClFN3O. The van der Waals surface area contributed by atoms with Gasteiger partial charge >= 0.3 is 0 Å². The Kier molecular flexibility index (Phi) is 6.27. The van der Waals surface area contributed by atoms with Crippen molar-refractivity contribution in [2.45, 2.75) is 26.7 Å². The number of hydrogen-bond donors (Lipinski definition) is 1. The Bertz CT molecular complexity index is 994. The monoisotopic (exact) mass is 399 g/mol. The number of nitrogens with two attached hydrogens (primary N) is 1. The van der Waals surface area contributed by atoms with E-state index in [4.69, 9.17) is 27.1 Å². The Hall–Kier alpha value is -2.50. The van der Waals surface area contributed by atoms with Crippen LogP contribution < -0.4 is 10.5 Å². The fourth-order valence-electron chi connectivity index (χ4n) is 3.26. The number of aromatic nitrogens is 2. The smallest absolute Gasteiger partial charge is 0.148 e. The highest BCUT2D eigenvalue weighted by molar-refractivity contribution is 6.33. The molecule has 0 spiro atoms. The lowest BCUT2D eigenvalue weighted by molar-refractivity contribution is 0.338. The second-order valence-electron chi connectivity index (χ2n) is 6.58. The number of hydrogen-bond acceptors (Lipinski definition) is 4. The predicted octanol–water partition coefficient (Wildman–Crippen LogP) is 5.04. The first kappa shape index (κ1) is 20.2. The maximum absolute atomic E-state index is 13.8. The second-order valence-corrected chi connectivity index (χ2v) is 6.95. The molecule has 3 rings (SSSR count). The van der Waals surface area contributed by atoms with Gasteiger partial charge < -0.3 is 10.5 Å². The van der Waals surface area contributed by atoms with E-state index in [0.29, 0.717) is 35.3 Å². The summed E-state index contributed by atoms with van der Waals surface area (Å²) in [7, 11) is 0. The van der Waals surface area contributed by atoms with Crippen molar-refractivity contribution >= 4 is 11.6 Å². The lowest BCUT2D eigenvalue weighted by Gasteiger charge is -2.20. The van der Waals surface area contributed by atoms with E-state index in [1.165, 1.54) is 12.1 Å². The van der Waals surface area contributed by atoms with E-state index in [2.05, 4.69) is 4.98 Å². The first-order chi connectivity index (χ1) is 13.5. The number of pyridine rings is 2. The Balaban J connectivity index is 2.21. The Morgan fingerprint density at radius 2 is 2.00 bits per heavy atom. The maximum Gasteiger partial charge on any atom is 0.148 e. The Labute approximate surface area is 169 Å². The van der Waals surface area contributed by atoms with Crippen molar-refractivity contribution in [1.29, 1.82) is 0 Å². The van der Waals surface area contributed by atoms with Gasteiger partial charge in [-0.05, 0) is 56.2 Å². The fourth-order valence-corrected chi connectivity index (χ4v) is 3.46. The van der Waals surface area contributed by atoms with Crippen molar-refractivity contribution in [3.05, 3.63) is 75.9 Å². The van der Waals surface area contributed by atoms with Gasteiger partial charge in [0.2, 0.25) is 0 Å². The van der Waals surface area contributed by atoms with Gasteiger partial charge in [0.05, 0.1) is 23.0 Å². The average Bonchev–Trinajstić information content (AvgIpc) is 2.67. The number of halogens is 2. The van der Waals surface area contributed by atoms with Crippen LogP contribution >= 0.6 is 11.6 Å². The van der Waals surface area contributed by atoms with Crippen LogP contribution in [0.3, 0.4) is 0 Å². The van der Waals surface area contributed by atoms with Gasteiger partial charge in [0.25, 0.3) is 0 Å². The van der Waals surface area contributed by atoms with Gasteiger partial charge in [-0.25, -0.2) is 9.37 Å². The van der Waals surface area contributed by atoms with Crippen molar-refractivity contribution in [2.24, 2.45) is 5.73 Å². The molecule has 0 aliphatic rings. The molecule has 146 valence electrons. The highest BCUT2D eigenvalue weighted by atomic mass is 35.5. The molecule has 0 saturated heterocycles. The summed E-state index contributed by atoms with van der Waals surface area (Å²) in [6, 6.07) is 10.2. The molecule has 1 atom stereocenters. The van der Waals surface area contributed by atoms with Gasteiger partial charge in [0, 0.05) is 24.2 Å². The van der Waals surface area contributed by atoms with E-state index in [9.17, 15) is 4.39 Å². The molecule has 3 aromatic rings. The minimum Gasteiger partial charge on any atom is -0.491 e. The van der Waals surface area contributed by atoms with Crippen LogP contribution in [0.15, 0.2) is 42.6 Å². The summed E-state index contributed by atoms with van der Waals surface area (Å²) in [6.07, 6.45) is 1.70. The van der Waals surface area contributed by atoms with Crippen LogP contribution in [-0.4, -0.2) is 23.1 Å². The summed E-state index contributed by atoms with van der Waals surface area (Å²) in [5.74, 6) is 0.130. The zero-order chi connectivity index (χ0) is 20.3. The molecular weight excluding hydrogens is 377 g/mol. The van der Waals surface area contributed by atoms with Gasteiger partial charge in [-0.2, -0.15) is 0 Å². The molecule has 2 heterocycles. The average molecular weight is 400 g/mol. The molecule has 0 fully saturated rings. The molecule has 0 amide bonds. The first-order valence-electron chi connectivity index (χ1n) is 9.17. The molecule has 6 heteroatoms. The molecule has 0 radical (unpaired) electrons. The van der Waals surface area contributed by atoms with Gasteiger partial charge in [-0.15, -0.1) is 0 Å². The lowest BCUT2D eigenvalue weighted by Crippen LogP contribution is -2.16. The topological polar surface area (TPSA) is 61.0 Å². The molecule has 0 saturated carbocycles. The molecule has 1 unspecified atom stereocenters. The van der Waals surface area contributed by atoms with Crippen LogP contribution in [0.1, 0.15) is 35.4 Å². The van der Waals surface area contributed by atoms with Crippen molar-refractivity contribution < 1.29 is 9.13 Å². The van der Waals surface area contributed by atoms with Crippen LogP contribution in [-0.2, 0) is 0 Å².